The van der Waals surface area contributed by atoms with E-state index in [1.165, 1.54) is 11.1 Å². The van der Waals surface area contributed by atoms with Crippen molar-refractivity contribution in [3.05, 3.63) is 59.7 Å². The van der Waals surface area contributed by atoms with Crippen molar-refractivity contribution in [3.63, 3.8) is 0 Å². The quantitative estimate of drug-likeness (QED) is 0.471. The molecule has 0 heterocycles. The van der Waals surface area contributed by atoms with Crippen molar-refractivity contribution in [1.82, 2.24) is 10.6 Å². The maximum absolute atomic E-state index is 12.7. The summed E-state index contributed by atoms with van der Waals surface area (Å²) in [6, 6.07) is 16.3. The van der Waals surface area contributed by atoms with E-state index in [-0.39, 0.29) is 25.0 Å². The van der Waals surface area contributed by atoms with Crippen LogP contribution in [0.15, 0.2) is 48.5 Å². The van der Waals surface area contributed by atoms with Gasteiger partial charge in [-0.2, -0.15) is 0 Å². The molecule has 2 amide bonds. The lowest BCUT2D eigenvalue weighted by molar-refractivity contribution is -0.149. The van der Waals surface area contributed by atoms with Gasteiger partial charge in [0.2, 0.25) is 5.91 Å². The first-order valence-corrected chi connectivity index (χ1v) is 12.6. The largest absolute Gasteiger partial charge is 0.480 e. The van der Waals surface area contributed by atoms with E-state index in [2.05, 4.69) is 34.9 Å². The first-order chi connectivity index (χ1) is 16.9. The van der Waals surface area contributed by atoms with Crippen molar-refractivity contribution in [2.45, 2.75) is 63.3 Å². The molecule has 1 atom stereocenters. The molecular weight excluding hydrogens is 444 g/mol. The molecular formula is C28H34N2O5. The number of rotatable bonds is 8. The summed E-state index contributed by atoms with van der Waals surface area (Å²) >= 11 is 0. The maximum atomic E-state index is 12.7. The highest BCUT2D eigenvalue weighted by molar-refractivity contribution is 5.88. The number of ether oxygens (including phenoxy) is 1. The minimum atomic E-state index is -1.18. The van der Waals surface area contributed by atoms with Crippen LogP contribution in [0.2, 0.25) is 0 Å². The van der Waals surface area contributed by atoms with E-state index < -0.39 is 23.5 Å². The predicted molar refractivity (Wildman–Crippen MR) is 133 cm³/mol. The molecule has 7 heteroatoms. The zero-order valence-corrected chi connectivity index (χ0v) is 20.2. The van der Waals surface area contributed by atoms with Gasteiger partial charge in [0.1, 0.15) is 12.1 Å². The summed E-state index contributed by atoms with van der Waals surface area (Å²) in [5.41, 5.74) is 3.46. The van der Waals surface area contributed by atoms with Crippen LogP contribution in [-0.2, 0) is 14.3 Å². The third-order valence-corrected chi connectivity index (χ3v) is 7.37. The number of benzene rings is 2. The maximum Gasteiger partial charge on any atom is 0.407 e. The lowest BCUT2D eigenvalue weighted by Gasteiger charge is -2.30. The zero-order chi connectivity index (χ0) is 24.8. The van der Waals surface area contributed by atoms with E-state index in [1.54, 1.807) is 6.92 Å². The number of amides is 2. The van der Waals surface area contributed by atoms with E-state index >= 15 is 0 Å². The number of carboxylic acid groups (broad SMARTS) is 1. The standard InChI is InChI=1S/C28H34N2O5/c1-19(25(31)30-28(26(32)33)15-8-2-3-9-16-28)14-17-29-27(34)35-18-24-22-12-6-4-10-20(22)21-11-5-7-13-23(21)24/h4-7,10-13,19,24H,2-3,8-9,14-18H2,1H3,(H,29,34)(H,30,31)(H,32,33). The summed E-state index contributed by atoms with van der Waals surface area (Å²) in [6.45, 7) is 2.25. The number of nitrogens with one attached hydrogen (secondary N) is 2. The second-order valence-electron chi connectivity index (χ2n) is 9.73. The fourth-order valence-electron chi connectivity index (χ4n) is 5.25. The number of fused-ring (bicyclic) bond motifs is 3. The van der Waals surface area contributed by atoms with Crippen molar-refractivity contribution in [2.75, 3.05) is 13.2 Å². The highest BCUT2D eigenvalue weighted by atomic mass is 16.5. The Labute approximate surface area is 206 Å². The Morgan fingerprint density at radius 2 is 1.54 bits per heavy atom. The van der Waals surface area contributed by atoms with E-state index in [0.717, 1.165) is 36.8 Å². The number of hydrogen-bond acceptors (Lipinski definition) is 4. The average molecular weight is 479 g/mol. The van der Waals surface area contributed by atoms with Crippen LogP contribution in [0, 0.1) is 5.92 Å². The molecule has 35 heavy (non-hydrogen) atoms. The number of carbonyl (C=O) groups excluding carboxylic acids is 2. The van der Waals surface area contributed by atoms with Crippen LogP contribution in [0.1, 0.15) is 68.9 Å². The Morgan fingerprint density at radius 1 is 0.971 bits per heavy atom. The molecule has 1 unspecified atom stereocenters. The summed E-state index contributed by atoms with van der Waals surface area (Å²) in [6.07, 6.45) is 4.36. The molecule has 186 valence electrons. The summed E-state index contributed by atoms with van der Waals surface area (Å²) in [7, 11) is 0. The number of aliphatic carboxylic acids is 1. The molecule has 0 aliphatic heterocycles. The van der Waals surface area contributed by atoms with Crippen molar-refractivity contribution in [2.24, 2.45) is 5.92 Å². The summed E-state index contributed by atoms with van der Waals surface area (Å²) in [5.74, 6) is -1.69. The van der Waals surface area contributed by atoms with E-state index in [9.17, 15) is 19.5 Å². The molecule has 2 aliphatic rings. The van der Waals surface area contributed by atoms with Gasteiger partial charge in [-0.1, -0.05) is 81.1 Å². The van der Waals surface area contributed by atoms with Crippen LogP contribution in [0.4, 0.5) is 4.79 Å². The molecule has 4 rings (SSSR count). The van der Waals surface area contributed by atoms with Crippen LogP contribution in [0.5, 0.6) is 0 Å². The van der Waals surface area contributed by atoms with Crippen molar-refractivity contribution >= 4 is 18.0 Å². The van der Waals surface area contributed by atoms with Gasteiger partial charge in [0.15, 0.2) is 0 Å². The SMILES string of the molecule is CC(CCNC(=O)OCC1c2ccccc2-c2ccccc21)C(=O)NC1(C(=O)O)CCCCCC1. The molecule has 1 fully saturated rings. The molecule has 0 radical (unpaired) electrons. The molecule has 7 nitrogen and oxygen atoms in total. The van der Waals surface area contributed by atoms with Gasteiger partial charge >= 0.3 is 12.1 Å². The lowest BCUT2D eigenvalue weighted by atomic mass is 9.89. The Morgan fingerprint density at radius 3 is 2.11 bits per heavy atom. The minimum absolute atomic E-state index is 0.00960. The van der Waals surface area contributed by atoms with Gasteiger partial charge in [-0.05, 0) is 41.5 Å². The molecule has 0 saturated heterocycles. The van der Waals surface area contributed by atoms with Gasteiger partial charge < -0.3 is 20.5 Å². The van der Waals surface area contributed by atoms with Gasteiger partial charge in [0, 0.05) is 18.4 Å². The molecule has 2 aliphatic carbocycles. The first-order valence-electron chi connectivity index (χ1n) is 12.6. The topological polar surface area (TPSA) is 105 Å². The van der Waals surface area contributed by atoms with Crippen LogP contribution >= 0.6 is 0 Å². The number of carboxylic acids is 1. The molecule has 3 N–H and O–H groups in total. The molecule has 0 bridgehead atoms. The second-order valence-corrected chi connectivity index (χ2v) is 9.73. The highest BCUT2D eigenvalue weighted by Gasteiger charge is 2.40. The van der Waals surface area contributed by atoms with Crippen LogP contribution in [-0.4, -0.2) is 41.8 Å². The van der Waals surface area contributed by atoms with Crippen molar-refractivity contribution in [3.8, 4) is 11.1 Å². The third kappa shape index (κ3) is 5.50. The fourth-order valence-corrected chi connectivity index (χ4v) is 5.25. The lowest BCUT2D eigenvalue weighted by Crippen LogP contribution is -2.55. The summed E-state index contributed by atoms with van der Waals surface area (Å²) in [4.78, 5) is 37.0. The first kappa shape index (κ1) is 24.8. The smallest absolute Gasteiger partial charge is 0.407 e. The minimum Gasteiger partial charge on any atom is -0.480 e. The Balaban J connectivity index is 1.25. The van der Waals surface area contributed by atoms with E-state index in [0.29, 0.717) is 19.3 Å². The summed E-state index contributed by atoms with van der Waals surface area (Å²) < 4.78 is 5.54. The number of alkyl carbamates (subject to hydrolysis) is 1. The zero-order valence-electron chi connectivity index (χ0n) is 20.2. The summed E-state index contributed by atoms with van der Waals surface area (Å²) in [5, 5.41) is 15.3. The van der Waals surface area contributed by atoms with E-state index in [4.69, 9.17) is 4.74 Å². The molecule has 0 aromatic heterocycles. The predicted octanol–water partition coefficient (Wildman–Crippen LogP) is 4.85. The van der Waals surface area contributed by atoms with Gasteiger partial charge in [0.25, 0.3) is 0 Å². The molecule has 1 saturated carbocycles. The van der Waals surface area contributed by atoms with Crippen LogP contribution < -0.4 is 10.6 Å². The number of carbonyl (C=O) groups is 3. The van der Waals surface area contributed by atoms with Crippen molar-refractivity contribution < 1.29 is 24.2 Å². The average Bonchev–Trinajstić information content (AvgIpc) is 2.98. The second kappa shape index (κ2) is 10.9. The molecule has 2 aromatic rings. The van der Waals surface area contributed by atoms with Gasteiger partial charge in [-0.25, -0.2) is 9.59 Å². The highest BCUT2D eigenvalue weighted by Crippen LogP contribution is 2.44. The monoisotopic (exact) mass is 478 g/mol. The van der Waals surface area contributed by atoms with E-state index in [1.807, 2.05) is 24.3 Å². The third-order valence-electron chi connectivity index (χ3n) is 7.37. The van der Waals surface area contributed by atoms with Gasteiger partial charge in [-0.3, -0.25) is 4.79 Å². The fraction of sp³-hybridized carbons (Fsp3) is 0.464. The molecule has 0 spiro atoms. The van der Waals surface area contributed by atoms with Gasteiger partial charge in [-0.15, -0.1) is 0 Å². The molecule has 2 aromatic carbocycles. The van der Waals surface area contributed by atoms with Crippen molar-refractivity contribution in [1.29, 1.82) is 0 Å². The normalized spacial score (nSPS) is 17.4. The Bertz CT molecular complexity index is 1030. The Kier molecular flexibility index (Phi) is 7.73. The van der Waals surface area contributed by atoms with Crippen LogP contribution in [0.25, 0.3) is 11.1 Å². The van der Waals surface area contributed by atoms with Gasteiger partial charge in [0.05, 0.1) is 0 Å². The number of hydrogen-bond donors (Lipinski definition) is 3. The van der Waals surface area contributed by atoms with Crippen LogP contribution in [0.3, 0.4) is 0 Å². The Hall–Kier alpha value is -3.35.